The first-order valence-electron chi connectivity index (χ1n) is 22.2. The minimum Gasteiger partial charge on any atom is -0.488 e. The molecule has 3 aromatic heterocycles. The van der Waals surface area contributed by atoms with Gasteiger partial charge in [0.1, 0.15) is 22.6 Å². The number of nitrogens with one attached hydrogen (secondary N) is 1. The molecule has 3 aliphatic heterocycles. The van der Waals surface area contributed by atoms with Gasteiger partial charge in [0.15, 0.2) is 5.78 Å². The topological polar surface area (TPSA) is 184 Å². The number of alkyl halides is 3. The third kappa shape index (κ3) is 9.87. The molecule has 14 nitrogen and oxygen atoms in total. The molecule has 8 rings (SSSR count). The van der Waals surface area contributed by atoms with Gasteiger partial charge in [-0.1, -0.05) is 26.0 Å². The van der Waals surface area contributed by atoms with Crippen molar-refractivity contribution in [2.75, 3.05) is 19.8 Å². The third-order valence-corrected chi connectivity index (χ3v) is 16.9. The van der Waals surface area contributed by atoms with E-state index in [1.807, 2.05) is 30.5 Å². The zero-order valence-electron chi connectivity index (χ0n) is 36.6. The lowest BCUT2D eigenvalue weighted by Crippen LogP contribution is -2.55. The smallest absolute Gasteiger partial charge is 0.430 e. The average Bonchev–Trinajstić information content (AvgIpc) is 4.01. The molecule has 4 fully saturated rings. The number of ketones is 1. The summed E-state index contributed by atoms with van der Waals surface area (Å²) >= 11 is 1.37. The number of thiazole rings is 1. The number of nitrogens with zero attached hydrogens (tertiary/aromatic N) is 4. The van der Waals surface area contributed by atoms with Crippen LogP contribution >= 0.6 is 11.3 Å². The summed E-state index contributed by atoms with van der Waals surface area (Å²) in [6, 6.07) is 5.82. The van der Waals surface area contributed by atoms with Crippen molar-refractivity contribution in [3.8, 4) is 27.7 Å². The van der Waals surface area contributed by atoms with Gasteiger partial charge in [-0.3, -0.25) is 28.9 Å². The van der Waals surface area contributed by atoms with Crippen LogP contribution in [0, 0.1) is 29.1 Å². The number of esters is 1. The van der Waals surface area contributed by atoms with E-state index in [0.29, 0.717) is 59.8 Å². The predicted molar refractivity (Wildman–Crippen MR) is 232 cm³/mol. The van der Waals surface area contributed by atoms with Crippen molar-refractivity contribution in [3.05, 3.63) is 60.4 Å². The number of carbonyl (C=O) groups excluding carboxylic acids is 4. The van der Waals surface area contributed by atoms with Crippen LogP contribution < -0.4 is 9.46 Å². The van der Waals surface area contributed by atoms with E-state index >= 15 is 4.79 Å². The summed E-state index contributed by atoms with van der Waals surface area (Å²) in [4.78, 5) is 72.7. The molecular weight excluding hydrogens is 888 g/mol. The molecule has 0 aromatic carbocycles. The molecule has 1 N–H and O–H groups in total. The number of hydrogen-bond acceptors (Lipinski definition) is 13. The van der Waals surface area contributed by atoms with Gasteiger partial charge in [0.2, 0.25) is 27.4 Å². The molecule has 0 spiro atoms. The maximum absolute atomic E-state index is 15.2. The second-order valence-electron chi connectivity index (χ2n) is 18.9. The highest BCUT2D eigenvalue weighted by atomic mass is 32.2. The Morgan fingerprint density at radius 3 is 2.55 bits per heavy atom. The van der Waals surface area contributed by atoms with Crippen molar-refractivity contribution in [1.82, 2.24) is 24.6 Å². The van der Waals surface area contributed by atoms with Crippen LogP contribution in [0.15, 0.2) is 60.4 Å². The summed E-state index contributed by atoms with van der Waals surface area (Å²) in [6.07, 6.45) is 4.07. The molecule has 5 aliphatic rings. The Balaban J connectivity index is 1.14. The molecule has 2 amide bonds. The number of allylic oxidation sites excluding steroid dienone is 2. The summed E-state index contributed by atoms with van der Waals surface area (Å²) in [5.74, 6) is -4.95. The van der Waals surface area contributed by atoms with E-state index in [0.717, 1.165) is 0 Å². The number of rotatable bonds is 10. The monoisotopic (exact) mass is 941 g/mol. The number of sulfonamides is 1. The van der Waals surface area contributed by atoms with Crippen molar-refractivity contribution < 1.29 is 55.0 Å². The fourth-order valence-electron chi connectivity index (χ4n) is 9.54. The Bertz CT molecular complexity index is 2410. The van der Waals surface area contributed by atoms with Gasteiger partial charge in [0, 0.05) is 67.5 Å². The van der Waals surface area contributed by atoms with E-state index in [1.165, 1.54) is 16.2 Å². The summed E-state index contributed by atoms with van der Waals surface area (Å²) < 4.78 is 88.5. The molecule has 8 atom stereocenters. The van der Waals surface area contributed by atoms with Crippen molar-refractivity contribution in [2.24, 2.45) is 29.1 Å². The first-order valence-corrected chi connectivity index (χ1v) is 24.6. The van der Waals surface area contributed by atoms with E-state index in [4.69, 9.17) is 19.2 Å². The molecule has 1 unspecified atom stereocenters. The zero-order valence-corrected chi connectivity index (χ0v) is 38.2. The van der Waals surface area contributed by atoms with Gasteiger partial charge >= 0.3 is 12.1 Å². The lowest BCUT2D eigenvalue weighted by Gasteiger charge is -2.38. The molecular formula is C46H54F3N5O9S2. The molecule has 2 aliphatic carbocycles. The molecule has 65 heavy (non-hydrogen) atoms. The van der Waals surface area contributed by atoms with E-state index < -0.39 is 105 Å². The highest BCUT2D eigenvalue weighted by Gasteiger charge is 2.63. The summed E-state index contributed by atoms with van der Waals surface area (Å²) in [5.41, 5.74) is -2.54. The fourth-order valence-corrected chi connectivity index (χ4v) is 11.5. The van der Waals surface area contributed by atoms with Gasteiger partial charge in [-0.15, -0.1) is 11.3 Å². The zero-order chi connectivity index (χ0) is 46.4. The van der Waals surface area contributed by atoms with Crippen LogP contribution in [0.5, 0.6) is 5.75 Å². The second-order valence-corrected chi connectivity index (χ2v) is 22.0. The van der Waals surface area contributed by atoms with Gasteiger partial charge in [-0.2, -0.15) is 13.2 Å². The molecule has 2 saturated heterocycles. The standard InChI is InChI=1S/C46H54F3N5O9S2/c1-28-8-4-5-10-31-23-44(31,42(58)53-65(59,60)43(3)12-13-43)24-38(55)37-21-33(62-32-19-35(30-9-6-14-50-25-30)52-36(20-32)40-51-15-17-64-40)26-54(37)41(57)34(29(2)18-28)22-39(56)63-45(46(47,48)49)11-7-16-61-27-45/h5-6,9-10,14-15,17,19-20,25,28-29,31,33-34,37H,4,7-8,11-13,16,18,21-24,26-27H2,1-3H3,(H,53,58)/b10-5-/t28-,29-,31-,33-,34+,37+,44-,45?/m1/s1. The maximum Gasteiger partial charge on any atom is 0.430 e. The van der Waals surface area contributed by atoms with Crippen LogP contribution in [0.25, 0.3) is 22.0 Å². The first kappa shape index (κ1) is 46.8. The van der Waals surface area contributed by atoms with Gasteiger partial charge in [-0.05, 0) is 81.8 Å². The van der Waals surface area contributed by atoms with Crippen LogP contribution in [0.2, 0.25) is 0 Å². The quantitative estimate of drug-likeness (QED) is 0.159. The lowest BCUT2D eigenvalue weighted by molar-refractivity contribution is -0.295. The van der Waals surface area contributed by atoms with E-state index in [2.05, 4.69) is 14.7 Å². The summed E-state index contributed by atoms with van der Waals surface area (Å²) in [7, 11) is -4.05. The molecule has 0 radical (unpaired) electrons. The normalized spacial score (nSPS) is 31.1. The minimum absolute atomic E-state index is 0.00383. The maximum atomic E-state index is 15.2. The number of hydrogen-bond donors (Lipinski definition) is 1. The van der Waals surface area contributed by atoms with Gasteiger partial charge < -0.3 is 19.1 Å². The van der Waals surface area contributed by atoms with Gasteiger partial charge in [0.05, 0.1) is 47.4 Å². The number of pyridine rings is 2. The number of fused-ring (bicyclic) bond motifs is 2. The van der Waals surface area contributed by atoms with E-state index in [9.17, 15) is 36.0 Å². The minimum atomic E-state index is -4.93. The van der Waals surface area contributed by atoms with Gasteiger partial charge in [-0.25, -0.2) is 18.4 Å². The number of aromatic nitrogens is 3. The predicted octanol–water partition coefficient (Wildman–Crippen LogP) is 7.25. The summed E-state index contributed by atoms with van der Waals surface area (Å²) in [5, 5.41) is 2.42. The molecule has 3 aromatic rings. The highest BCUT2D eigenvalue weighted by molar-refractivity contribution is 7.91. The second kappa shape index (κ2) is 18.1. The number of carbonyl (C=O) groups is 4. The summed E-state index contributed by atoms with van der Waals surface area (Å²) in [6.45, 7) is 4.41. The van der Waals surface area contributed by atoms with Crippen molar-refractivity contribution in [2.45, 2.75) is 120 Å². The molecule has 19 heteroatoms. The lowest BCUT2D eigenvalue weighted by atomic mass is 9.82. The number of amides is 2. The number of halogens is 3. The molecule has 350 valence electrons. The van der Waals surface area contributed by atoms with Crippen LogP contribution in [0.4, 0.5) is 13.2 Å². The fraction of sp³-hybridized carbons (Fsp3) is 0.587. The Labute approximate surface area is 380 Å². The van der Waals surface area contributed by atoms with Crippen LogP contribution in [-0.2, 0) is 38.7 Å². The molecule has 0 bridgehead atoms. The Kier molecular flexibility index (Phi) is 13.1. The third-order valence-electron chi connectivity index (χ3n) is 13.9. The van der Waals surface area contributed by atoms with Crippen molar-refractivity contribution in [3.63, 3.8) is 0 Å². The number of ether oxygens (including phenoxy) is 3. The number of Topliss-reactive ketones (excluding diaryl/α,β-unsaturated/α-hetero) is 1. The molecule has 2 saturated carbocycles. The Morgan fingerprint density at radius 1 is 1.09 bits per heavy atom. The van der Waals surface area contributed by atoms with Crippen molar-refractivity contribution in [1.29, 1.82) is 0 Å². The largest absolute Gasteiger partial charge is 0.488 e. The van der Waals surface area contributed by atoms with Crippen LogP contribution in [0.3, 0.4) is 0 Å². The highest BCUT2D eigenvalue weighted by Crippen LogP contribution is 2.58. The average molecular weight is 942 g/mol. The van der Waals surface area contributed by atoms with Gasteiger partial charge in [0.25, 0.3) is 0 Å². The first-order chi connectivity index (χ1) is 30.8. The Hall–Kier alpha value is -4.75. The Morgan fingerprint density at radius 2 is 1.88 bits per heavy atom. The van der Waals surface area contributed by atoms with E-state index in [1.54, 1.807) is 50.6 Å². The van der Waals surface area contributed by atoms with Crippen LogP contribution in [-0.4, -0.2) is 100 Å². The SMILES string of the molecule is C[C@@H]1CC/C=C\[C@@H]2C[C@@]2(C(=O)NS(=O)(=O)C2(C)CC2)CC(=O)[C@@H]2C[C@@H](Oc3cc(-c4cccnc4)nc(-c4nccs4)c3)CN2C(=O)[C@@H](CC(=O)OC2(C(F)(F)F)CCCOC2)[C@H](C)C1. The molecule has 6 heterocycles. The van der Waals surface area contributed by atoms with Crippen molar-refractivity contribution >= 4 is 44.9 Å². The van der Waals surface area contributed by atoms with Crippen LogP contribution in [0.1, 0.15) is 91.4 Å². The van der Waals surface area contributed by atoms with E-state index in [-0.39, 0.29) is 44.8 Å².